The predicted octanol–water partition coefficient (Wildman–Crippen LogP) is 2.88. The monoisotopic (exact) mass is 347 g/mol. The van der Waals surface area contributed by atoms with E-state index in [9.17, 15) is 22.8 Å². The maximum absolute atomic E-state index is 12.3. The number of benzene rings is 1. The Labute approximate surface area is 137 Å². The van der Waals surface area contributed by atoms with E-state index in [0.717, 1.165) is 5.56 Å². The molecule has 24 heavy (non-hydrogen) atoms. The Morgan fingerprint density at radius 3 is 2.12 bits per heavy atom. The summed E-state index contributed by atoms with van der Waals surface area (Å²) in [5.74, 6) is -2.33. The first-order chi connectivity index (χ1) is 10.9. The summed E-state index contributed by atoms with van der Waals surface area (Å²) in [6.07, 6.45) is -6.34. The van der Waals surface area contributed by atoms with Gasteiger partial charge in [-0.15, -0.1) is 0 Å². The molecule has 0 saturated heterocycles. The van der Waals surface area contributed by atoms with E-state index in [-0.39, 0.29) is 5.41 Å². The number of halogens is 3. The molecule has 8 heteroatoms. The summed E-state index contributed by atoms with van der Waals surface area (Å²) in [7, 11) is 0. The molecule has 1 aromatic carbocycles. The third-order valence-electron chi connectivity index (χ3n) is 3.16. The van der Waals surface area contributed by atoms with Gasteiger partial charge in [-0.3, -0.25) is 4.79 Å². The number of hydrogen-bond acceptors (Lipinski definition) is 3. The molecule has 0 spiro atoms. The Morgan fingerprint density at radius 1 is 1.17 bits per heavy atom. The molecule has 0 heterocycles. The fourth-order valence-corrected chi connectivity index (χ4v) is 1.87. The summed E-state index contributed by atoms with van der Waals surface area (Å²) in [5, 5.41) is 10.5. The molecule has 2 N–H and O–H groups in total. The number of nitrogens with one attached hydrogen (secondary N) is 1. The molecule has 1 aromatic rings. The average molecular weight is 347 g/mol. The van der Waals surface area contributed by atoms with Crippen LogP contribution >= 0.6 is 0 Å². The molecular formula is C16H20F3NO4. The number of carbonyl (C=O) groups excluding carboxylic acids is 1. The Kier molecular flexibility index (Phi) is 6.22. The van der Waals surface area contributed by atoms with E-state index >= 15 is 0 Å². The smallest absolute Gasteiger partial charge is 0.391 e. The summed E-state index contributed by atoms with van der Waals surface area (Å²) in [6, 6.07) is 4.87. The molecule has 0 fully saturated rings. The van der Waals surface area contributed by atoms with Crippen molar-refractivity contribution < 1.29 is 32.6 Å². The predicted molar refractivity (Wildman–Crippen MR) is 80.9 cm³/mol. The molecule has 1 rings (SSSR count). The van der Waals surface area contributed by atoms with Gasteiger partial charge in [-0.1, -0.05) is 32.9 Å². The molecule has 5 nitrogen and oxygen atoms in total. The van der Waals surface area contributed by atoms with E-state index in [2.05, 4.69) is 0 Å². The maximum atomic E-state index is 12.3. The molecule has 1 unspecified atom stereocenters. The Bertz CT molecular complexity index is 576. The highest BCUT2D eigenvalue weighted by atomic mass is 19.4. The lowest BCUT2D eigenvalue weighted by Crippen LogP contribution is -2.45. The molecule has 0 radical (unpaired) electrons. The zero-order valence-corrected chi connectivity index (χ0v) is 13.6. The van der Waals surface area contributed by atoms with Crippen molar-refractivity contribution in [2.75, 3.05) is 6.61 Å². The second kappa shape index (κ2) is 7.55. The first-order valence-corrected chi connectivity index (χ1v) is 7.21. The van der Waals surface area contributed by atoms with E-state index in [4.69, 9.17) is 9.84 Å². The van der Waals surface area contributed by atoms with Crippen molar-refractivity contribution >= 4 is 11.9 Å². The molecule has 0 aliphatic heterocycles. The van der Waals surface area contributed by atoms with Gasteiger partial charge in [-0.25, -0.2) is 4.79 Å². The van der Waals surface area contributed by atoms with E-state index in [1.807, 2.05) is 32.9 Å². The standard InChI is InChI=1S/C16H20F3NO4/c1-15(2,3)10-4-6-11(7-5-10)24-9-13(21)20-12(14(22)23)8-16(17,18)19/h4-7,12H,8-9H2,1-3H3,(H,20,21)(H,22,23). The summed E-state index contributed by atoms with van der Waals surface area (Å²) in [4.78, 5) is 22.3. The second-order valence-corrected chi connectivity index (χ2v) is 6.34. The van der Waals surface area contributed by atoms with Gasteiger partial charge in [0, 0.05) is 0 Å². The lowest BCUT2D eigenvalue weighted by molar-refractivity contribution is -0.160. The van der Waals surface area contributed by atoms with Crippen LogP contribution in [0, 0.1) is 0 Å². The quantitative estimate of drug-likeness (QED) is 0.830. The summed E-state index contributed by atoms with van der Waals surface area (Å²) < 4.78 is 41.9. The lowest BCUT2D eigenvalue weighted by Gasteiger charge is -2.19. The maximum Gasteiger partial charge on any atom is 0.391 e. The zero-order valence-electron chi connectivity index (χ0n) is 13.6. The number of aliphatic carboxylic acids is 1. The normalized spacial score (nSPS) is 13.2. The number of amides is 1. The molecule has 1 amide bonds. The molecule has 1 atom stereocenters. The summed E-state index contributed by atoms with van der Waals surface area (Å²) in [6.45, 7) is 5.52. The first-order valence-electron chi connectivity index (χ1n) is 7.21. The third-order valence-corrected chi connectivity index (χ3v) is 3.16. The average Bonchev–Trinajstić information content (AvgIpc) is 2.42. The van der Waals surface area contributed by atoms with E-state index in [1.54, 1.807) is 17.4 Å². The SMILES string of the molecule is CC(C)(C)c1ccc(OCC(=O)NC(CC(F)(F)F)C(=O)O)cc1. The summed E-state index contributed by atoms with van der Waals surface area (Å²) >= 11 is 0. The number of ether oxygens (including phenoxy) is 1. The van der Waals surface area contributed by atoms with Crippen LogP contribution < -0.4 is 10.1 Å². The van der Waals surface area contributed by atoms with E-state index in [1.165, 1.54) is 0 Å². The number of alkyl halides is 3. The van der Waals surface area contributed by atoms with Crippen molar-refractivity contribution in [2.45, 2.75) is 44.8 Å². The van der Waals surface area contributed by atoms with Crippen LogP contribution in [0.25, 0.3) is 0 Å². The van der Waals surface area contributed by atoms with Crippen LogP contribution in [0.5, 0.6) is 5.75 Å². The highest BCUT2D eigenvalue weighted by molar-refractivity contribution is 5.84. The van der Waals surface area contributed by atoms with Crippen molar-refractivity contribution in [1.82, 2.24) is 5.32 Å². The fraction of sp³-hybridized carbons (Fsp3) is 0.500. The van der Waals surface area contributed by atoms with Crippen LogP contribution in [0.4, 0.5) is 13.2 Å². The highest BCUT2D eigenvalue weighted by Gasteiger charge is 2.36. The number of hydrogen-bond donors (Lipinski definition) is 2. The van der Waals surface area contributed by atoms with Gasteiger partial charge in [0.1, 0.15) is 11.8 Å². The number of rotatable bonds is 6. The summed E-state index contributed by atoms with van der Waals surface area (Å²) in [5.41, 5.74) is 0.998. The lowest BCUT2D eigenvalue weighted by atomic mass is 9.87. The Morgan fingerprint density at radius 2 is 1.71 bits per heavy atom. The van der Waals surface area contributed by atoms with Crippen molar-refractivity contribution in [3.05, 3.63) is 29.8 Å². The molecular weight excluding hydrogens is 327 g/mol. The van der Waals surface area contributed by atoms with Gasteiger partial charge in [-0.2, -0.15) is 13.2 Å². The third kappa shape index (κ3) is 6.89. The Balaban J connectivity index is 2.57. The number of carboxylic acid groups (broad SMARTS) is 1. The molecule has 0 aliphatic rings. The van der Waals surface area contributed by atoms with Crippen LogP contribution in [0.3, 0.4) is 0 Å². The Hall–Kier alpha value is -2.25. The van der Waals surface area contributed by atoms with Crippen molar-refractivity contribution in [2.24, 2.45) is 0 Å². The molecule has 0 bridgehead atoms. The first kappa shape index (κ1) is 19.8. The van der Waals surface area contributed by atoms with E-state index < -0.39 is 37.1 Å². The van der Waals surface area contributed by atoms with Gasteiger partial charge in [0.05, 0.1) is 6.42 Å². The highest BCUT2D eigenvalue weighted by Crippen LogP contribution is 2.24. The molecule has 134 valence electrons. The van der Waals surface area contributed by atoms with Gasteiger partial charge in [0.15, 0.2) is 6.61 Å². The van der Waals surface area contributed by atoms with Gasteiger partial charge < -0.3 is 15.2 Å². The van der Waals surface area contributed by atoms with Crippen molar-refractivity contribution in [1.29, 1.82) is 0 Å². The fourth-order valence-electron chi connectivity index (χ4n) is 1.87. The minimum atomic E-state index is -4.69. The van der Waals surface area contributed by atoms with Gasteiger partial charge in [0.25, 0.3) is 5.91 Å². The van der Waals surface area contributed by atoms with Crippen molar-refractivity contribution in [3.8, 4) is 5.75 Å². The van der Waals surface area contributed by atoms with Crippen LogP contribution in [-0.2, 0) is 15.0 Å². The molecule has 0 aliphatic carbocycles. The number of carboxylic acids is 1. The van der Waals surface area contributed by atoms with Crippen molar-refractivity contribution in [3.63, 3.8) is 0 Å². The van der Waals surface area contributed by atoms with Gasteiger partial charge in [0.2, 0.25) is 0 Å². The zero-order chi connectivity index (χ0) is 18.5. The number of carbonyl (C=O) groups is 2. The molecule has 0 saturated carbocycles. The van der Waals surface area contributed by atoms with Crippen LogP contribution in [-0.4, -0.2) is 35.8 Å². The molecule has 0 aromatic heterocycles. The van der Waals surface area contributed by atoms with Crippen LogP contribution in [0.15, 0.2) is 24.3 Å². The second-order valence-electron chi connectivity index (χ2n) is 6.34. The topological polar surface area (TPSA) is 75.6 Å². The van der Waals surface area contributed by atoms with Gasteiger partial charge in [-0.05, 0) is 23.1 Å². The minimum Gasteiger partial charge on any atom is -0.484 e. The van der Waals surface area contributed by atoms with Crippen LogP contribution in [0.1, 0.15) is 32.8 Å². The largest absolute Gasteiger partial charge is 0.484 e. The van der Waals surface area contributed by atoms with E-state index in [0.29, 0.717) is 5.75 Å². The van der Waals surface area contributed by atoms with Gasteiger partial charge >= 0.3 is 12.1 Å². The minimum absolute atomic E-state index is 0.0534. The van der Waals surface area contributed by atoms with Crippen LogP contribution in [0.2, 0.25) is 0 Å².